The molecule has 0 amide bonds. The molecule has 0 unspecified atom stereocenters. The van der Waals surface area contributed by atoms with Crippen LogP contribution in [0.1, 0.15) is 10.4 Å². The molecule has 2 aromatic heterocycles. The van der Waals surface area contributed by atoms with Crippen LogP contribution in [0.4, 0.5) is 0 Å². The highest BCUT2D eigenvalue weighted by Crippen LogP contribution is 2.31. The first-order chi connectivity index (χ1) is 11.7. The molecule has 0 spiro atoms. The van der Waals surface area contributed by atoms with Gasteiger partial charge in [0.15, 0.2) is 5.82 Å². The predicted molar refractivity (Wildman–Crippen MR) is 93.2 cm³/mol. The second kappa shape index (κ2) is 5.62. The number of methoxy groups -OCH3 is 1. The summed E-state index contributed by atoms with van der Waals surface area (Å²) in [6, 6.07) is 14.7. The summed E-state index contributed by atoms with van der Waals surface area (Å²) in [4.78, 5) is 23.7. The third kappa shape index (κ3) is 2.30. The average Bonchev–Trinajstić information content (AvgIpc) is 3.00. The van der Waals surface area contributed by atoms with Crippen molar-refractivity contribution in [1.29, 1.82) is 0 Å². The van der Waals surface area contributed by atoms with Crippen molar-refractivity contribution in [2.75, 3.05) is 7.11 Å². The number of hydrogen-bond acceptors (Lipinski definition) is 4. The Morgan fingerprint density at radius 1 is 1.08 bits per heavy atom. The first-order valence-corrected chi connectivity index (χ1v) is 7.68. The lowest BCUT2D eigenvalue weighted by Gasteiger charge is -2.03. The molecule has 0 fully saturated rings. The zero-order valence-corrected chi connectivity index (χ0v) is 13.5. The maximum Gasteiger partial charge on any atom is 0.337 e. The van der Waals surface area contributed by atoms with Gasteiger partial charge in [-0.2, -0.15) is 0 Å². The predicted octanol–water partition coefficient (Wildman–Crippen LogP) is 4.22. The Morgan fingerprint density at radius 3 is 2.58 bits per heavy atom. The van der Waals surface area contributed by atoms with Crippen molar-refractivity contribution in [3.8, 4) is 11.4 Å². The molecule has 1 N–H and O–H groups in total. The van der Waals surface area contributed by atoms with Gasteiger partial charge in [-0.15, -0.1) is 0 Å². The maximum atomic E-state index is 11.5. The highest BCUT2D eigenvalue weighted by Gasteiger charge is 2.13. The maximum absolute atomic E-state index is 11.5. The number of para-hydroxylation sites is 1. The molecule has 0 aliphatic rings. The first kappa shape index (κ1) is 14.7. The van der Waals surface area contributed by atoms with Crippen molar-refractivity contribution in [2.45, 2.75) is 0 Å². The number of H-pyrrole nitrogens is 1. The number of aromatic nitrogens is 3. The molecule has 0 aliphatic carbocycles. The normalized spacial score (nSPS) is 11.1. The van der Waals surface area contributed by atoms with E-state index in [-0.39, 0.29) is 5.97 Å². The average molecular weight is 338 g/mol. The van der Waals surface area contributed by atoms with Crippen molar-refractivity contribution >= 4 is 39.5 Å². The van der Waals surface area contributed by atoms with Crippen molar-refractivity contribution < 1.29 is 9.53 Å². The zero-order valence-electron chi connectivity index (χ0n) is 12.7. The monoisotopic (exact) mass is 337 g/mol. The number of esters is 1. The van der Waals surface area contributed by atoms with Crippen LogP contribution in [0.3, 0.4) is 0 Å². The molecular weight excluding hydrogens is 326 g/mol. The SMILES string of the molecule is COC(=O)c1ccc(-c2nc(Cl)c3c(n2)[nH]c2ccccc23)cc1. The molecule has 0 atom stereocenters. The number of nitrogens with zero attached hydrogens (tertiary/aromatic N) is 2. The van der Waals surface area contributed by atoms with Crippen LogP contribution in [-0.4, -0.2) is 28.0 Å². The van der Waals surface area contributed by atoms with Gasteiger partial charge in [0, 0.05) is 16.5 Å². The van der Waals surface area contributed by atoms with Crippen LogP contribution in [0.25, 0.3) is 33.3 Å². The summed E-state index contributed by atoms with van der Waals surface area (Å²) in [5.74, 6) is 0.113. The minimum atomic E-state index is -0.383. The molecule has 4 aromatic rings. The number of carbonyl (C=O) groups is 1. The van der Waals surface area contributed by atoms with Gasteiger partial charge in [-0.1, -0.05) is 41.9 Å². The van der Waals surface area contributed by atoms with Crippen LogP contribution in [-0.2, 0) is 4.74 Å². The van der Waals surface area contributed by atoms with E-state index in [1.165, 1.54) is 7.11 Å². The molecule has 4 rings (SSSR count). The number of carbonyl (C=O) groups excluding carboxylic acids is 1. The molecule has 2 aromatic carbocycles. The number of nitrogens with one attached hydrogen (secondary N) is 1. The summed E-state index contributed by atoms with van der Waals surface area (Å²) in [5.41, 5.74) is 2.88. The Bertz CT molecular complexity index is 1070. The molecule has 0 radical (unpaired) electrons. The van der Waals surface area contributed by atoms with Crippen LogP contribution >= 0.6 is 11.6 Å². The van der Waals surface area contributed by atoms with E-state index in [0.717, 1.165) is 21.9 Å². The minimum absolute atomic E-state index is 0.383. The van der Waals surface area contributed by atoms with Gasteiger partial charge >= 0.3 is 5.97 Å². The van der Waals surface area contributed by atoms with E-state index in [2.05, 4.69) is 15.0 Å². The van der Waals surface area contributed by atoms with Gasteiger partial charge < -0.3 is 9.72 Å². The largest absolute Gasteiger partial charge is 0.465 e. The van der Waals surface area contributed by atoms with Crippen LogP contribution in [0, 0.1) is 0 Å². The summed E-state index contributed by atoms with van der Waals surface area (Å²) in [7, 11) is 1.35. The van der Waals surface area contributed by atoms with E-state index >= 15 is 0 Å². The molecule has 0 saturated heterocycles. The molecule has 6 heteroatoms. The summed E-state index contributed by atoms with van der Waals surface area (Å²) in [5, 5.41) is 2.19. The molecule has 0 bridgehead atoms. The third-order valence-electron chi connectivity index (χ3n) is 3.88. The van der Waals surface area contributed by atoms with Crippen LogP contribution in [0.15, 0.2) is 48.5 Å². The van der Waals surface area contributed by atoms with Gasteiger partial charge in [0.25, 0.3) is 0 Å². The Labute approximate surface area is 142 Å². The fourth-order valence-electron chi connectivity index (χ4n) is 2.70. The molecule has 5 nitrogen and oxygen atoms in total. The fourth-order valence-corrected chi connectivity index (χ4v) is 2.97. The van der Waals surface area contributed by atoms with Gasteiger partial charge in [0.1, 0.15) is 10.8 Å². The van der Waals surface area contributed by atoms with E-state index < -0.39 is 0 Å². The second-order valence-corrected chi connectivity index (χ2v) is 5.66. The fraction of sp³-hybridized carbons (Fsp3) is 0.0556. The van der Waals surface area contributed by atoms with E-state index in [1.54, 1.807) is 24.3 Å². The number of fused-ring (bicyclic) bond motifs is 3. The van der Waals surface area contributed by atoms with Crippen molar-refractivity contribution in [3.63, 3.8) is 0 Å². The highest BCUT2D eigenvalue weighted by atomic mass is 35.5. The Hall–Kier alpha value is -2.92. The molecule has 0 aliphatic heterocycles. The minimum Gasteiger partial charge on any atom is -0.465 e. The highest BCUT2D eigenvalue weighted by molar-refractivity contribution is 6.36. The van der Waals surface area contributed by atoms with Crippen LogP contribution < -0.4 is 0 Å². The van der Waals surface area contributed by atoms with Gasteiger partial charge in [0.05, 0.1) is 18.1 Å². The standard InChI is InChI=1S/C18H12ClN3O2/c1-24-18(23)11-8-6-10(7-9-11)16-21-15(19)14-12-4-2-3-5-13(12)20-17(14)22-16/h2-9H,1H3,(H,20,21,22). The number of halogens is 1. The Balaban J connectivity index is 1.85. The van der Waals surface area contributed by atoms with Gasteiger partial charge in [0.2, 0.25) is 0 Å². The number of ether oxygens (including phenoxy) is 1. The lowest BCUT2D eigenvalue weighted by Crippen LogP contribution is -2.00. The summed E-state index contributed by atoms with van der Waals surface area (Å²) in [6.45, 7) is 0. The first-order valence-electron chi connectivity index (χ1n) is 7.30. The van der Waals surface area contributed by atoms with Crippen molar-refractivity contribution in [2.24, 2.45) is 0 Å². The van der Waals surface area contributed by atoms with Gasteiger partial charge in [-0.3, -0.25) is 0 Å². The molecular formula is C18H12ClN3O2. The van der Waals surface area contributed by atoms with Crippen molar-refractivity contribution in [3.05, 3.63) is 59.2 Å². The topological polar surface area (TPSA) is 67.9 Å². The summed E-state index contributed by atoms with van der Waals surface area (Å²) >= 11 is 6.39. The van der Waals surface area contributed by atoms with E-state index in [0.29, 0.717) is 22.2 Å². The number of hydrogen-bond donors (Lipinski definition) is 1. The number of rotatable bonds is 2. The number of benzene rings is 2. The van der Waals surface area contributed by atoms with Crippen LogP contribution in [0.2, 0.25) is 5.15 Å². The second-order valence-electron chi connectivity index (χ2n) is 5.30. The smallest absolute Gasteiger partial charge is 0.337 e. The van der Waals surface area contributed by atoms with Gasteiger partial charge in [-0.25, -0.2) is 14.8 Å². The molecule has 118 valence electrons. The van der Waals surface area contributed by atoms with Crippen LogP contribution in [0.5, 0.6) is 0 Å². The Kier molecular flexibility index (Phi) is 3.43. The zero-order chi connectivity index (χ0) is 16.7. The third-order valence-corrected chi connectivity index (χ3v) is 4.15. The van der Waals surface area contributed by atoms with Gasteiger partial charge in [-0.05, 0) is 18.2 Å². The number of aromatic amines is 1. The summed E-state index contributed by atoms with van der Waals surface area (Å²) in [6.07, 6.45) is 0. The molecule has 2 heterocycles. The van der Waals surface area contributed by atoms with E-state index in [1.807, 2.05) is 24.3 Å². The quantitative estimate of drug-likeness (QED) is 0.439. The van der Waals surface area contributed by atoms with Crippen molar-refractivity contribution in [1.82, 2.24) is 15.0 Å². The lowest BCUT2D eigenvalue weighted by atomic mass is 10.1. The molecule has 0 saturated carbocycles. The Morgan fingerprint density at radius 2 is 1.83 bits per heavy atom. The van der Waals surface area contributed by atoms with E-state index in [9.17, 15) is 4.79 Å². The van der Waals surface area contributed by atoms with E-state index in [4.69, 9.17) is 16.3 Å². The lowest BCUT2D eigenvalue weighted by molar-refractivity contribution is 0.0601. The molecule has 24 heavy (non-hydrogen) atoms. The summed E-state index contributed by atoms with van der Waals surface area (Å²) < 4.78 is 4.70.